The van der Waals surface area contributed by atoms with Gasteiger partial charge in [0.1, 0.15) is 0 Å². The predicted octanol–water partition coefficient (Wildman–Crippen LogP) is 3.38. The molecule has 25 heavy (non-hydrogen) atoms. The number of fused-ring (bicyclic) bond motifs is 1. The van der Waals surface area contributed by atoms with Crippen molar-refractivity contribution in [2.75, 3.05) is 13.1 Å². The number of carbonyl (C=O) groups excluding carboxylic acids is 1. The quantitative estimate of drug-likeness (QED) is 0.664. The highest BCUT2D eigenvalue weighted by atomic mass is 32.1. The van der Waals surface area contributed by atoms with Crippen molar-refractivity contribution in [3.8, 4) is 0 Å². The molecule has 1 amide bonds. The monoisotopic (exact) mass is 362 g/mol. The number of benzene rings is 1. The molecule has 2 aromatic rings. The van der Waals surface area contributed by atoms with Crippen molar-refractivity contribution in [2.45, 2.75) is 20.3 Å². The van der Waals surface area contributed by atoms with Crippen LogP contribution in [0.4, 0.5) is 5.69 Å². The van der Waals surface area contributed by atoms with Gasteiger partial charge in [-0.2, -0.15) is 0 Å². The molecule has 0 bridgehead atoms. The number of rotatable bonds is 4. The molecule has 0 saturated carbocycles. The number of carboxylic acids is 1. The Morgan fingerprint density at radius 1 is 1.36 bits per heavy atom. The van der Waals surface area contributed by atoms with Crippen molar-refractivity contribution in [3.05, 3.63) is 39.3 Å². The highest BCUT2D eigenvalue weighted by molar-refractivity contribution is 7.20. The SMILES string of the molecule is CC(C)C1(C(=O)O)CCN(C(=O)c2cc3cc([N+](=O)[O-])ccc3s2)C1. The second-order valence-corrected chi connectivity index (χ2v) is 7.77. The van der Waals surface area contributed by atoms with E-state index in [9.17, 15) is 24.8 Å². The van der Waals surface area contributed by atoms with E-state index in [1.54, 1.807) is 17.0 Å². The molecule has 132 valence electrons. The van der Waals surface area contributed by atoms with Gasteiger partial charge in [0, 0.05) is 35.3 Å². The van der Waals surface area contributed by atoms with E-state index in [1.165, 1.54) is 23.5 Å². The van der Waals surface area contributed by atoms with Crippen LogP contribution in [0, 0.1) is 21.4 Å². The number of hydrogen-bond acceptors (Lipinski definition) is 5. The maximum absolute atomic E-state index is 12.8. The fourth-order valence-electron chi connectivity index (χ4n) is 3.30. The van der Waals surface area contributed by atoms with Crippen molar-refractivity contribution in [1.82, 2.24) is 4.90 Å². The van der Waals surface area contributed by atoms with E-state index in [1.807, 2.05) is 13.8 Å². The Morgan fingerprint density at radius 3 is 2.64 bits per heavy atom. The van der Waals surface area contributed by atoms with Crippen LogP contribution >= 0.6 is 11.3 Å². The summed E-state index contributed by atoms with van der Waals surface area (Å²) in [4.78, 5) is 36.9. The summed E-state index contributed by atoms with van der Waals surface area (Å²) in [5.74, 6) is -1.16. The molecule has 0 spiro atoms. The average molecular weight is 362 g/mol. The second-order valence-electron chi connectivity index (χ2n) is 6.68. The number of nitro benzene ring substituents is 1. The summed E-state index contributed by atoms with van der Waals surface area (Å²) in [6.45, 7) is 4.31. The van der Waals surface area contributed by atoms with Crippen LogP contribution in [-0.4, -0.2) is 39.9 Å². The van der Waals surface area contributed by atoms with Gasteiger partial charge in [-0.05, 0) is 24.5 Å². The molecule has 2 heterocycles. The molecule has 1 saturated heterocycles. The van der Waals surface area contributed by atoms with Crippen LogP contribution in [0.1, 0.15) is 29.9 Å². The number of carbonyl (C=O) groups is 2. The fraction of sp³-hybridized carbons (Fsp3) is 0.412. The Hall–Kier alpha value is -2.48. The van der Waals surface area contributed by atoms with Crippen molar-refractivity contribution < 1.29 is 19.6 Å². The Bertz CT molecular complexity index is 875. The summed E-state index contributed by atoms with van der Waals surface area (Å²) >= 11 is 1.27. The second kappa shape index (κ2) is 6.11. The summed E-state index contributed by atoms with van der Waals surface area (Å²) < 4.78 is 0.793. The molecule has 8 heteroatoms. The number of nitrogens with zero attached hydrogens (tertiary/aromatic N) is 2. The van der Waals surface area contributed by atoms with Crippen LogP contribution < -0.4 is 0 Å². The topological polar surface area (TPSA) is 101 Å². The third kappa shape index (κ3) is 2.86. The molecule has 1 N–H and O–H groups in total. The first-order valence-corrected chi connectivity index (χ1v) is 8.77. The molecule has 1 aromatic heterocycles. The largest absolute Gasteiger partial charge is 0.481 e. The first-order chi connectivity index (χ1) is 11.7. The average Bonchev–Trinajstić information content (AvgIpc) is 3.18. The summed E-state index contributed by atoms with van der Waals surface area (Å²) in [5, 5.41) is 21.1. The van der Waals surface area contributed by atoms with E-state index in [0.29, 0.717) is 23.2 Å². The number of thiophene rings is 1. The maximum Gasteiger partial charge on any atom is 0.311 e. The van der Waals surface area contributed by atoms with E-state index in [4.69, 9.17) is 0 Å². The van der Waals surface area contributed by atoms with Gasteiger partial charge in [-0.25, -0.2) is 0 Å². The number of amides is 1. The Balaban J connectivity index is 1.88. The number of aliphatic carboxylic acids is 1. The molecule has 1 unspecified atom stereocenters. The van der Waals surface area contributed by atoms with Crippen LogP contribution in [0.25, 0.3) is 10.1 Å². The first kappa shape index (κ1) is 17.3. The molecular weight excluding hydrogens is 344 g/mol. The molecule has 1 aliphatic heterocycles. The van der Waals surface area contributed by atoms with Crippen molar-refractivity contribution >= 4 is 39.0 Å². The molecule has 0 radical (unpaired) electrons. The minimum Gasteiger partial charge on any atom is -0.481 e. The van der Waals surface area contributed by atoms with Crippen LogP contribution in [0.5, 0.6) is 0 Å². The number of nitro groups is 1. The van der Waals surface area contributed by atoms with Gasteiger partial charge in [0.2, 0.25) is 0 Å². The minimum absolute atomic E-state index is 0.0184. The van der Waals surface area contributed by atoms with Crippen molar-refractivity contribution in [1.29, 1.82) is 0 Å². The lowest BCUT2D eigenvalue weighted by Gasteiger charge is -2.28. The van der Waals surface area contributed by atoms with Crippen LogP contribution in [0.15, 0.2) is 24.3 Å². The number of non-ortho nitro benzene ring substituents is 1. The van der Waals surface area contributed by atoms with Gasteiger partial charge < -0.3 is 10.0 Å². The predicted molar refractivity (Wildman–Crippen MR) is 93.9 cm³/mol. The first-order valence-electron chi connectivity index (χ1n) is 7.95. The van der Waals surface area contributed by atoms with Crippen LogP contribution in [-0.2, 0) is 4.79 Å². The molecular formula is C17H18N2O5S. The van der Waals surface area contributed by atoms with E-state index in [-0.39, 0.29) is 24.1 Å². The smallest absolute Gasteiger partial charge is 0.311 e. The molecule has 3 rings (SSSR count). The Labute approximate surface area is 148 Å². The summed E-state index contributed by atoms with van der Waals surface area (Å²) in [5.41, 5.74) is -0.930. The molecule has 0 aliphatic carbocycles. The normalized spacial score (nSPS) is 20.4. The summed E-state index contributed by atoms with van der Waals surface area (Å²) in [6.07, 6.45) is 0.433. The standard InChI is InChI=1S/C17H18N2O5S/c1-10(2)17(16(21)22)5-6-18(9-17)15(20)14-8-11-7-12(19(23)24)3-4-13(11)25-14/h3-4,7-8,10H,5-6,9H2,1-2H3,(H,21,22). The Kier molecular flexibility index (Phi) is 4.24. The lowest BCUT2D eigenvalue weighted by Crippen LogP contribution is -2.40. The van der Waals surface area contributed by atoms with Gasteiger partial charge in [0.25, 0.3) is 11.6 Å². The molecule has 1 aliphatic rings. The van der Waals surface area contributed by atoms with E-state index >= 15 is 0 Å². The number of likely N-dealkylation sites (tertiary alicyclic amines) is 1. The molecule has 1 atom stereocenters. The van der Waals surface area contributed by atoms with Gasteiger partial charge in [-0.3, -0.25) is 19.7 Å². The summed E-state index contributed by atoms with van der Waals surface area (Å²) in [6, 6.07) is 6.14. The summed E-state index contributed by atoms with van der Waals surface area (Å²) in [7, 11) is 0. The zero-order valence-electron chi connectivity index (χ0n) is 13.9. The van der Waals surface area contributed by atoms with Crippen molar-refractivity contribution in [2.24, 2.45) is 11.3 Å². The maximum atomic E-state index is 12.8. The van der Waals surface area contributed by atoms with Crippen LogP contribution in [0.3, 0.4) is 0 Å². The zero-order valence-corrected chi connectivity index (χ0v) is 14.7. The van der Waals surface area contributed by atoms with Gasteiger partial charge in [-0.15, -0.1) is 11.3 Å². The highest BCUT2D eigenvalue weighted by Gasteiger charge is 2.48. The van der Waals surface area contributed by atoms with Crippen molar-refractivity contribution in [3.63, 3.8) is 0 Å². The number of carboxylic acid groups (broad SMARTS) is 1. The van der Waals surface area contributed by atoms with E-state index in [0.717, 1.165) is 4.70 Å². The van der Waals surface area contributed by atoms with E-state index in [2.05, 4.69) is 0 Å². The van der Waals surface area contributed by atoms with Gasteiger partial charge in [0.05, 0.1) is 15.2 Å². The lowest BCUT2D eigenvalue weighted by molar-refractivity contribution is -0.384. The number of hydrogen-bond donors (Lipinski definition) is 1. The fourth-order valence-corrected chi connectivity index (χ4v) is 4.32. The van der Waals surface area contributed by atoms with Gasteiger partial charge >= 0.3 is 5.97 Å². The van der Waals surface area contributed by atoms with Gasteiger partial charge in [-0.1, -0.05) is 13.8 Å². The molecule has 1 fully saturated rings. The zero-order chi connectivity index (χ0) is 18.4. The lowest BCUT2D eigenvalue weighted by atomic mass is 9.76. The minimum atomic E-state index is -0.912. The molecule has 1 aromatic carbocycles. The van der Waals surface area contributed by atoms with E-state index < -0.39 is 16.3 Å². The van der Waals surface area contributed by atoms with Crippen LogP contribution in [0.2, 0.25) is 0 Å². The molecule has 7 nitrogen and oxygen atoms in total. The highest BCUT2D eigenvalue weighted by Crippen LogP contribution is 2.39. The third-order valence-electron chi connectivity index (χ3n) is 5.04. The van der Waals surface area contributed by atoms with Gasteiger partial charge in [0.15, 0.2) is 0 Å². The Morgan fingerprint density at radius 2 is 2.08 bits per heavy atom. The third-order valence-corrected chi connectivity index (χ3v) is 6.14.